The molecule has 0 saturated carbocycles. The lowest BCUT2D eigenvalue weighted by Gasteiger charge is -2.23. The van der Waals surface area contributed by atoms with Crippen LogP contribution in [-0.2, 0) is 27.2 Å². The summed E-state index contributed by atoms with van der Waals surface area (Å²) in [6.07, 6.45) is 5.05. The molecule has 3 unspecified atom stereocenters. The predicted molar refractivity (Wildman–Crippen MR) is 115 cm³/mol. The highest BCUT2D eigenvalue weighted by Gasteiger charge is 2.28. The third-order valence-corrected chi connectivity index (χ3v) is 4.82. The summed E-state index contributed by atoms with van der Waals surface area (Å²) in [5.41, 5.74) is 12.8. The molecule has 3 atom stereocenters. The zero-order chi connectivity index (χ0) is 22.6. The lowest BCUT2D eigenvalue weighted by molar-refractivity contribution is -0.142. The highest BCUT2D eigenvalue weighted by molar-refractivity contribution is 5.92. The number of H-pyrrole nitrogens is 1. The van der Waals surface area contributed by atoms with Gasteiger partial charge in [0.1, 0.15) is 12.1 Å². The van der Waals surface area contributed by atoms with Gasteiger partial charge in [0.15, 0.2) is 0 Å². The fraction of sp³-hybridized carbons (Fsp3) is 0.429. The molecule has 168 valence electrons. The molecule has 2 aromatic rings. The lowest BCUT2D eigenvalue weighted by atomic mass is 10.0. The van der Waals surface area contributed by atoms with Crippen molar-refractivity contribution in [3.63, 3.8) is 0 Å². The molecular formula is C21H30N6O4. The van der Waals surface area contributed by atoms with Crippen LogP contribution in [0.2, 0.25) is 0 Å². The number of rotatable bonds is 13. The van der Waals surface area contributed by atoms with Crippen molar-refractivity contribution in [2.24, 2.45) is 11.5 Å². The number of hydrogen-bond donors (Lipinski definition) is 6. The number of carboxylic acids is 1. The first kappa shape index (κ1) is 24.0. The van der Waals surface area contributed by atoms with E-state index in [1.54, 1.807) is 0 Å². The zero-order valence-electron chi connectivity index (χ0n) is 17.3. The molecule has 0 aliphatic rings. The van der Waals surface area contributed by atoms with Crippen LogP contribution < -0.4 is 22.1 Å². The summed E-state index contributed by atoms with van der Waals surface area (Å²) >= 11 is 0. The Morgan fingerprint density at radius 3 is 2.35 bits per heavy atom. The van der Waals surface area contributed by atoms with Gasteiger partial charge in [0.05, 0.1) is 12.4 Å². The Balaban J connectivity index is 2.09. The Labute approximate surface area is 180 Å². The van der Waals surface area contributed by atoms with E-state index in [0.29, 0.717) is 25.1 Å². The van der Waals surface area contributed by atoms with Crippen molar-refractivity contribution < 1.29 is 19.5 Å². The van der Waals surface area contributed by atoms with Crippen molar-refractivity contribution in [2.75, 3.05) is 6.54 Å². The minimum absolute atomic E-state index is 0.0334. The summed E-state index contributed by atoms with van der Waals surface area (Å²) in [5, 5.41) is 14.7. The highest BCUT2D eigenvalue weighted by atomic mass is 16.4. The molecule has 10 heteroatoms. The molecule has 31 heavy (non-hydrogen) atoms. The molecule has 10 nitrogen and oxygen atoms in total. The molecule has 1 heterocycles. The fourth-order valence-electron chi connectivity index (χ4n) is 3.07. The topological polar surface area (TPSA) is 176 Å². The van der Waals surface area contributed by atoms with Crippen molar-refractivity contribution in [3.05, 3.63) is 54.1 Å². The maximum Gasteiger partial charge on any atom is 0.326 e. The number of aliphatic carboxylic acids is 1. The Kier molecular flexibility index (Phi) is 9.66. The monoisotopic (exact) mass is 430 g/mol. The molecule has 0 spiro atoms. The summed E-state index contributed by atoms with van der Waals surface area (Å²) in [7, 11) is 0. The van der Waals surface area contributed by atoms with Crippen LogP contribution in [-0.4, -0.2) is 57.5 Å². The summed E-state index contributed by atoms with van der Waals surface area (Å²) in [6, 6.07) is 6.21. The van der Waals surface area contributed by atoms with E-state index in [1.165, 1.54) is 12.5 Å². The van der Waals surface area contributed by atoms with Crippen LogP contribution in [0.25, 0.3) is 0 Å². The summed E-state index contributed by atoms with van der Waals surface area (Å²) in [6.45, 7) is 0.514. The van der Waals surface area contributed by atoms with Crippen LogP contribution in [0.5, 0.6) is 0 Å². The highest BCUT2D eigenvalue weighted by Crippen LogP contribution is 2.07. The Morgan fingerprint density at radius 1 is 1.03 bits per heavy atom. The predicted octanol–water partition coefficient (Wildman–Crippen LogP) is -0.295. The quantitative estimate of drug-likeness (QED) is 0.236. The zero-order valence-corrected chi connectivity index (χ0v) is 17.3. The Hall–Kier alpha value is -3.24. The van der Waals surface area contributed by atoms with Gasteiger partial charge in [0.2, 0.25) is 11.8 Å². The minimum atomic E-state index is -1.19. The van der Waals surface area contributed by atoms with Gasteiger partial charge in [-0.15, -0.1) is 0 Å². The standard InChI is InChI=1S/C21H30N6O4/c22-9-5-4-8-16(23)19(28)26-17(10-14-6-2-1-3-7-14)20(29)27-18(21(30)31)11-15-12-24-13-25-15/h1-3,6-7,12-13,16-18H,4-5,8-11,22-23H2,(H,24,25)(H,26,28)(H,27,29)(H,30,31). The smallest absolute Gasteiger partial charge is 0.326 e. The van der Waals surface area contributed by atoms with E-state index in [1.807, 2.05) is 30.3 Å². The number of aromatic amines is 1. The number of carbonyl (C=O) groups is 3. The van der Waals surface area contributed by atoms with Crippen LogP contribution in [0.1, 0.15) is 30.5 Å². The molecular weight excluding hydrogens is 400 g/mol. The molecule has 1 aromatic heterocycles. The van der Waals surface area contributed by atoms with E-state index < -0.39 is 35.9 Å². The number of nitrogens with one attached hydrogen (secondary N) is 3. The number of amides is 2. The van der Waals surface area contributed by atoms with E-state index in [9.17, 15) is 19.5 Å². The maximum atomic E-state index is 12.9. The molecule has 0 fully saturated rings. The number of benzene rings is 1. The normalized spacial score (nSPS) is 13.7. The van der Waals surface area contributed by atoms with Crippen LogP contribution in [0.15, 0.2) is 42.9 Å². The first-order valence-corrected chi connectivity index (χ1v) is 10.2. The van der Waals surface area contributed by atoms with Gasteiger partial charge in [-0.1, -0.05) is 36.8 Å². The molecule has 8 N–H and O–H groups in total. The second-order valence-corrected chi connectivity index (χ2v) is 7.32. The van der Waals surface area contributed by atoms with Gasteiger partial charge in [-0.3, -0.25) is 9.59 Å². The molecule has 0 bridgehead atoms. The lowest BCUT2D eigenvalue weighted by Crippen LogP contribution is -2.55. The third kappa shape index (κ3) is 8.19. The Bertz CT molecular complexity index is 828. The van der Waals surface area contributed by atoms with Gasteiger partial charge in [0, 0.05) is 24.7 Å². The first-order chi connectivity index (χ1) is 14.9. The second-order valence-electron chi connectivity index (χ2n) is 7.32. The van der Waals surface area contributed by atoms with Gasteiger partial charge in [-0.2, -0.15) is 0 Å². The number of hydrogen-bond acceptors (Lipinski definition) is 6. The second kappa shape index (κ2) is 12.5. The van der Waals surface area contributed by atoms with E-state index in [2.05, 4.69) is 20.6 Å². The SMILES string of the molecule is NCCCCC(N)C(=O)NC(Cc1ccccc1)C(=O)NC(Cc1cnc[nH]1)C(=O)O. The third-order valence-electron chi connectivity index (χ3n) is 4.82. The van der Waals surface area contributed by atoms with Crippen molar-refractivity contribution >= 4 is 17.8 Å². The van der Waals surface area contributed by atoms with Gasteiger partial charge in [-0.25, -0.2) is 9.78 Å². The largest absolute Gasteiger partial charge is 0.480 e. The molecule has 0 saturated heterocycles. The van der Waals surface area contributed by atoms with Gasteiger partial charge < -0.3 is 32.2 Å². The average molecular weight is 431 g/mol. The number of aromatic nitrogens is 2. The van der Waals surface area contributed by atoms with Crippen molar-refractivity contribution in [2.45, 2.75) is 50.2 Å². The maximum absolute atomic E-state index is 12.9. The summed E-state index contributed by atoms with van der Waals surface area (Å²) < 4.78 is 0. The van der Waals surface area contributed by atoms with Gasteiger partial charge in [0.25, 0.3) is 0 Å². The molecule has 2 rings (SSSR count). The number of imidazole rings is 1. The van der Waals surface area contributed by atoms with E-state index in [4.69, 9.17) is 11.5 Å². The summed E-state index contributed by atoms with van der Waals surface area (Å²) in [5.74, 6) is -2.25. The molecule has 1 aromatic carbocycles. The van der Waals surface area contributed by atoms with Crippen molar-refractivity contribution in [1.82, 2.24) is 20.6 Å². The molecule has 0 aliphatic carbocycles. The number of carbonyl (C=O) groups excluding carboxylic acids is 2. The number of nitrogens with two attached hydrogens (primary N) is 2. The van der Waals surface area contributed by atoms with Crippen LogP contribution in [0, 0.1) is 0 Å². The van der Waals surface area contributed by atoms with Gasteiger partial charge >= 0.3 is 5.97 Å². The average Bonchev–Trinajstić information content (AvgIpc) is 3.26. The fourth-order valence-corrected chi connectivity index (χ4v) is 3.07. The molecule has 2 amide bonds. The number of unbranched alkanes of at least 4 members (excludes halogenated alkanes) is 1. The van der Waals surface area contributed by atoms with Crippen LogP contribution in [0.4, 0.5) is 0 Å². The summed E-state index contributed by atoms with van der Waals surface area (Å²) in [4.78, 5) is 43.8. The Morgan fingerprint density at radius 2 is 1.74 bits per heavy atom. The number of carboxylic acid groups (broad SMARTS) is 1. The molecule has 0 radical (unpaired) electrons. The van der Waals surface area contributed by atoms with Crippen molar-refractivity contribution in [1.29, 1.82) is 0 Å². The van der Waals surface area contributed by atoms with Gasteiger partial charge in [-0.05, 0) is 24.9 Å². The van der Waals surface area contributed by atoms with E-state index in [0.717, 1.165) is 12.0 Å². The van der Waals surface area contributed by atoms with E-state index >= 15 is 0 Å². The number of nitrogens with zero attached hydrogens (tertiary/aromatic N) is 1. The molecule has 0 aliphatic heterocycles. The van der Waals surface area contributed by atoms with Crippen LogP contribution in [0.3, 0.4) is 0 Å². The van der Waals surface area contributed by atoms with Crippen LogP contribution >= 0.6 is 0 Å². The van der Waals surface area contributed by atoms with E-state index in [-0.39, 0.29) is 12.8 Å². The van der Waals surface area contributed by atoms with Crippen molar-refractivity contribution in [3.8, 4) is 0 Å². The first-order valence-electron chi connectivity index (χ1n) is 10.2. The minimum Gasteiger partial charge on any atom is -0.480 e.